The van der Waals surface area contributed by atoms with Crippen LogP contribution in [-0.4, -0.2) is 65.4 Å². The van der Waals surface area contributed by atoms with Gasteiger partial charge in [-0.15, -0.1) is 0 Å². The first-order valence-corrected chi connectivity index (χ1v) is 11.1. The van der Waals surface area contributed by atoms with Crippen molar-refractivity contribution in [1.29, 1.82) is 0 Å². The second kappa shape index (κ2) is 8.43. The first-order valence-electron chi connectivity index (χ1n) is 11.1. The topological polar surface area (TPSA) is 62.7 Å². The molecule has 0 atom stereocenters. The van der Waals surface area contributed by atoms with Crippen LogP contribution in [0.3, 0.4) is 0 Å². The lowest BCUT2D eigenvalue weighted by molar-refractivity contribution is -0.129. The second-order valence-corrected chi connectivity index (χ2v) is 9.08. The van der Waals surface area contributed by atoms with Crippen LogP contribution in [0.1, 0.15) is 40.9 Å². The van der Waals surface area contributed by atoms with E-state index in [1.165, 1.54) is 17.2 Å². The van der Waals surface area contributed by atoms with E-state index in [9.17, 15) is 18.4 Å². The smallest absolute Gasteiger partial charge is 0.226 e. The Morgan fingerprint density at radius 3 is 2.64 bits per heavy atom. The summed E-state index contributed by atoms with van der Waals surface area (Å²) >= 11 is 0. The number of halogens is 2. The largest absolute Gasteiger partial charge is 0.366 e. The molecule has 1 aromatic carbocycles. The Morgan fingerprint density at radius 2 is 1.94 bits per heavy atom. The fourth-order valence-corrected chi connectivity index (χ4v) is 5.02. The molecule has 1 saturated heterocycles. The molecule has 0 aliphatic carbocycles. The van der Waals surface area contributed by atoms with Gasteiger partial charge in [0.2, 0.25) is 11.7 Å². The van der Waals surface area contributed by atoms with Crippen LogP contribution >= 0.6 is 0 Å². The zero-order valence-electron chi connectivity index (χ0n) is 18.4. The number of benzene rings is 1. The van der Waals surface area contributed by atoms with Crippen molar-refractivity contribution in [2.24, 2.45) is 0 Å². The molecule has 3 aliphatic heterocycles. The third-order valence-electron chi connectivity index (χ3n) is 6.99. The lowest BCUT2D eigenvalue weighted by atomic mass is 9.80. The van der Waals surface area contributed by atoms with Gasteiger partial charge < -0.3 is 9.64 Å². The first kappa shape index (κ1) is 21.9. The molecular weight excluding hydrogens is 428 g/mol. The number of likely N-dealkylation sites (tertiary alicyclic amines) is 1. The predicted octanol–water partition coefficient (Wildman–Crippen LogP) is 3.11. The average molecular weight is 453 g/mol. The predicted molar refractivity (Wildman–Crippen MR) is 117 cm³/mol. The fourth-order valence-electron chi connectivity index (χ4n) is 5.02. The van der Waals surface area contributed by atoms with Gasteiger partial charge in [0.25, 0.3) is 0 Å². The Hall–Kier alpha value is -2.97. The quantitative estimate of drug-likeness (QED) is 0.526. The second-order valence-electron chi connectivity index (χ2n) is 9.08. The summed E-state index contributed by atoms with van der Waals surface area (Å²) in [7, 11) is 1.84. The van der Waals surface area contributed by atoms with Crippen molar-refractivity contribution < 1.29 is 23.1 Å². The summed E-state index contributed by atoms with van der Waals surface area (Å²) in [5, 5.41) is 0. The highest BCUT2D eigenvalue weighted by Crippen LogP contribution is 2.43. The molecule has 0 N–H and O–H groups in total. The van der Waals surface area contributed by atoms with E-state index < -0.39 is 17.4 Å². The minimum Gasteiger partial charge on any atom is -0.366 e. The summed E-state index contributed by atoms with van der Waals surface area (Å²) in [6.45, 7) is 3.66. The highest BCUT2D eigenvalue weighted by atomic mass is 19.2. The first-order chi connectivity index (χ1) is 15.8. The van der Waals surface area contributed by atoms with Gasteiger partial charge in [-0.05, 0) is 53.8 Å². The lowest BCUT2D eigenvalue weighted by Crippen LogP contribution is -2.46. The molecule has 5 rings (SSSR count). The summed E-state index contributed by atoms with van der Waals surface area (Å²) in [5.41, 5.74) is 3.38. The molecule has 172 valence electrons. The number of likely N-dealkylation sites (N-methyl/N-ethyl adjacent to an activating group) is 1. The molecule has 1 amide bonds. The number of rotatable bonds is 4. The van der Waals surface area contributed by atoms with Crippen molar-refractivity contribution in [1.82, 2.24) is 14.8 Å². The number of pyridine rings is 1. The van der Waals surface area contributed by atoms with Crippen LogP contribution in [-0.2, 0) is 16.1 Å². The number of fused-ring (bicyclic) bond motifs is 1. The van der Waals surface area contributed by atoms with E-state index in [4.69, 9.17) is 4.74 Å². The van der Waals surface area contributed by atoms with Crippen molar-refractivity contribution in [2.45, 2.75) is 31.4 Å². The third kappa shape index (κ3) is 4.09. The van der Waals surface area contributed by atoms with Crippen LogP contribution in [0.2, 0.25) is 0 Å². The van der Waals surface area contributed by atoms with E-state index in [1.807, 2.05) is 13.1 Å². The summed E-state index contributed by atoms with van der Waals surface area (Å²) < 4.78 is 32.8. The zero-order valence-corrected chi connectivity index (χ0v) is 18.4. The van der Waals surface area contributed by atoms with Crippen LogP contribution in [0.15, 0.2) is 47.7 Å². The number of carbonyl (C=O) groups is 2. The molecule has 0 radical (unpaired) electrons. The molecule has 2 aromatic rings. The third-order valence-corrected chi connectivity index (χ3v) is 6.99. The SMILES string of the molecule is CN1CC2=C(CC1=O)C1(CCN(Cc3ccc(C(=O)c4ccc(F)c(F)c4)nc3)CC1)OC2. The Kier molecular flexibility index (Phi) is 5.58. The molecule has 0 bridgehead atoms. The monoisotopic (exact) mass is 453 g/mol. The lowest BCUT2D eigenvalue weighted by Gasteiger charge is -2.41. The number of hydrogen-bond donors (Lipinski definition) is 0. The summed E-state index contributed by atoms with van der Waals surface area (Å²) in [6.07, 6.45) is 3.81. The van der Waals surface area contributed by atoms with Crippen LogP contribution in [0, 0.1) is 11.6 Å². The van der Waals surface area contributed by atoms with Crippen LogP contribution in [0.5, 0.6) is 0 Å². The Bertz CT molecular complexity index is 1140. The van der Waals surface area contributed by atoms with Crippen LogP contribution < -0.4 is 0 Å². The number of piperidine rings is 1. The maximum Gasteiger partial charge on any atom is 0.226 e. The molecule has 6 nitrogen and oxygen atoms in total. The van der Waals surface area contributed by atoms with E-state index in [0.717, 1.165) is 43.6 Å². The average Bonchev–Trinajstić information content (AvgIpc) is 3.14. The normalized spacial score (nSPS) is 20.5. The van der Waals surface area contributed by atoms with E-state index in [2.05, 4.69) is 9.88 Å². The van der Waals surface area contributed by atoms with Crippen molar-refractivity contribution in [2.75, 3.05) is 33.3 Å². The highest BCUT2D eigenvalue weighted by molar-refractivity contribution is 6.07. The number of hydrogen-bond acceptors (Lipinski definition) is 5. The minimum atomic E-state index is -1.06. The van der Waals surface area contributed by atoms with Crippen molar-refractivity contribution >= 4 is 11.7 Å². The van der Waals surface area contributed by atoms with Gasteiger partial charge in [0, 0.05) is 45.0 Å². The molecule has 33 heavy (non-hydrogen) atoms. The fraction of sp³-hybridized carbons (Fsp3) is 0.400. The van der Waals surface area contributed by atoms with Gasteiger partial charge in [-0.3, -0.25) is 19.5 Å². The molecular formula is C25H25F2N3O3. The summed E-state index contributed by atoms with van der Waals surface area (Å²) in [5.74, 6) is -2.34. The number of carbonyl (C=O) groups excluding carboxylic acids is 2. The minimum absolute atomic E-state index is 0.0631. The summed E-state index contributed by atoms with van der Waals surface area (Å²) in [6, 6.07) is 6.54. The maximum atomic E-state index is 13.4. The molecule has 0 unspecified atom stereocenters. The van der Waals surface area contributed by atoms with Gasteiger partial charge in [0.05, 0.1) is 18.6 Å². The Labute approximate surface area is 190 Å². The van der Waals surface area contributed by atoms with Crippen LogP contribution in [0.25, 0.3) is 0 Å². The molecule has 4 heterocycles. The molecule has 3 aliphatic rings. The highest BCUT2D eigenvalue weighted by Gasteiger charge is 2.46. The maximum absolute atomic E-state index is 13.4. The number of nitrogens with zero attached hydrogens (tertiary/aromatic N) is 3. The van der Waals surface area contributed by atoms with Gasteiger partial charge in [0.15, 0.2) is 11.6 Å². The standard InChI is InChI=1S/C25H25F2N3O3/c1-29-14-18-15-33-25(19(18)11-23(29)31)6-8-30(9-7-25)13-16-2-5-22(28-12-16)24(32)17-3-4-20(26)21(27)10-17/h2-5,10,12H,6-9,11,13-15H2,1H3. The molecule has 1 fully saturated rings. The van der Waals surface area contributed by atoms with Gasteiger partial charge in [-0.2, -0.15) is 0 Å². The summed E-state index contributed by atoms with van der Waals surface area (Å²) in [4.78, 5) is 33.1. The number of aromatic nitrogens is 1. The van der Waals surface area contributed by atoms with Crippen molar-refractivity contribution in [3.05, 3.63) is 76.1 Å². The number of ether oxygens (including phenoxy) is 1. The van der Waals surface area contributed by atoms with E-state index in [0.29, 0.717) is 26.1 Å². The van der Waals surface area contributed by atoms with Gasteiger partial charge in [-0.25, -0.2) is 8.78 Å². The molecule has 1 spiro atoms. The van der Waals surface area contributed by atoms with E-state index in [1.54, 1.807) is 17.2 Å². The van der Waals surface area contributed by atoms with Gasteiger partial charge >= 0.3 is 0 Å². The number of ketones is 1. The molecule has 1 aromatic heterocycles. The van der Waals surface area contributed by atoms with Crippen LogP contribution in [0.4, 0.5) is 8.78 Å². The number of amides is 1. The molecule has 8 heteroatoms. The Balaban J connectivity index is 1.21. The van der Waals surface area contributed by atoms with Gasteiger partial charge in [0.1, 0.15) is 5.69 Å². The van der Waals surface area contributed by atoms with Crippen molar-refractivity contribution in [3.63, 3.8) is 0 Å². The zero-order chi connectivity index (χ0) is 23.2. The molecule has 0 saturated carbocycles. The Morgan fingerprint density at radius 1 is 1.15 bits per heavy atom. The van der Waals surface area contributed by atoms with Gasteiger partial charge in [-0.1, -0.05) is 6.07 Å². The van der Waals surface area contributed by atoms with Crippen molar-refractivity contribution in [3.8, 4) is 0 Å². The van der Waals surface area contributed by atoms with E-state index in [-0.39, 0.29) is 22.8 Å². The van der Waals surface area contributed by atoms with E-state index >= 15 is 0 Å².